The molecule has 0 bridgehead atoms. The Morgan fingerprint density at radius 1 is 1.64 bits per heavy atom. The van der Waals surface area contributed by atoms with Crippen LogP contribution in [-0.2, 0) is 0 Å². The van der Waals surface area contributed by atoms with Crippen molar-refractivity contribution in [3.8, 4) is 0 Å². The minimum Gasteiger partial charge on any atom is -0.271 e. The van der Waals surface area contributed by atoms with Gasteiger partial charge in [0, 0.05) is 6.04 Å². The highest BCUT2D eigenvalue weighted by atomic mass is 32.1. The van der Waals surface area contributed by atoms with Gasteiger partial charge in [0.15, 0.2) is 0 Å². The minimum atomic E-state index is 0.404. The highest BCUT2D eigenvalue weighted by Gasteiger charge is 2.31. The van der Waals surface area contributed by atoms with Crippen molar-refractivity contribution in [1.82, 2.24) is 5.43 Å². The predicted molar refractivity (Wildman–Crippen MR) is 47.1 cm³/mol. The molecular weight excluding hydrogens is 156 g/mol. The lowest BCUT2D eigenvalue weighted by molar-refractivity contribution is 0.498. The molecule has 0 aromatic carbocycles. The summed E-state index contributed by atoms with van der Waals surface area (Å²) in [5.41, 5.74) is 4.22. The third-order valence-corrected chi connectivity index (χ3v) is 2.88. The molecule has 1 aliphatic rings. The fraction of sp³-hybridized carbons (Fsp3) is 0.500. The van der Waals surface area contributed by atoms with E-state index >= 15 is 0 Å². The average molecular weight is 168 g/mol. The first-order valence-corrected chi connectivity index (χ1v) is 4.84. The second-order valence-electron chi connectivity index (χ2n) is 3.04. The topological polar surface area (TPSA) is 38.0 Å². The van der Waals surface area contributed by atoms with Crippen LogP contribution in [0.4, 0.5) is 0 Å². The summed E-state index contributed by atoms with van der Waals surface area (Å²) in [5, 5.41) is 4.27. The largest absolute Gasteiger partial charge is 0.271 e. The van der Waals surface area contributed by atoms with Gasteiger partial charge >= 0.3 is 0 Å². The molecular formula is C8H12N2S. The number of hydrogen-bond donors (Lipinski definition) is 2. The molecule has 0 aliphatic heterocycles. The van der Waals surface area contributed by atoms with Crippen LogP contribution in [0.2, 0.25) is 0 Å². The number of hydrogen-bond acceptors (Lipinski definition) is 3. The molecule has 2 rings (SSSR count). The standard InChI is InChI=1S/C8H12N2S/c9-10-8(6-1-2-6)7-3-4-11-5-7/h3-6,8,10H,1-2,9H2. The number of thiophene rings is 1. The molecule has 1 aromatic rings. The molecule has 3 heteroatoms. The van der Waals surface area contributed by atoms with Gasteiger partial charge in [-0.15, -0.1) is 0 Å². The second-order valence-corrected chi connectivity index (χ2v) is 3.82. The molecule has 1 aromatic heterocycles. The Labute approximate surface area is 70.4 Å². The van der Waals surface area contributed by atoms with Gasteiger partial charge < -0.3 is 0 Å². The van der Waals surface area contributed by atoms with Crippen molar-refractivity contribution in [2.24, 2.45) is 11.8 Å². The van der Waals surface area contributed by atoms with E-state index in [1.54, 1.807) is 11.3 Å². The minimum absolute atomic E-state index is 0.404. The van der Waals surface area contributed by atoms with E-state index in [4.69, 9.17) is 5.84 Å². The maximum Gasteiger partial charge on any atom is 0.0496 e. The van der Waals surface area contributed by atoms with Crippen LogP contribution in [0.5, 0.6) is 0 Å². The number of nitrogens with one attached hydrogen (secondary N) is 1. The van der Waals surface area contributed by atoms with Crippen molar-refractivity contribution >= 4 is 11.3 Å². The Balaban J connectivity index is 2.11. The van der Waals surface area contributed by atoms with Gasteiger partial charge in [-0.25, -0.2) is 0 Å². The fourth-order valence-electron chi connectivity index (χ4n) is 1.39. The highest BCUT2D eigenvalue weighted by Crippen LogP contribution is 2.40. The summed E-state index contributed by atoms with van der Waals surface area (Å²) in [6.45, 7) is 0. The lowest BCUT2D eigenvalue weighted by Crippen LogP contribution is -2.28. The molecule has 0 spiro atoms. The van der Waals surface area contributed by atoms with Crippen LogP contribution in [0.3, 0.4) is 0 Å². The van der Waals surface area contributed by atoms with Crippen LogP contribution in [0, 0.1) is 5.92 Å². The van der Waals surface area contributed by atoms with Crippen molar-refractivity contribution < 1.29 is 0 Å². The zero-order valence-electron chi connectivity index (χ0n) is 6.29. The Hall–Kier alpha value is -0.380. The van der Waals surface area contributed by atoms with E-state index in [-0.39, 0.29) is 0 Å². The number of nitrogens with two attached hydrogens (primary N) is 1. The van der Waals surface area contributed by atoms with Crippen LogP contribution >= 0.6 is 11.3 Å². The van der Waals surface area contributed by atoms with Crippen molar-refractivity contribution in [3.05, 3.63) is 22.4 Å². The van der Waals surface area contributed by atoms with Gasteiger partial charge in [0.25, 0.3) is 0 Å². The van der Waals surface area contributed by atoms with E-state index in [9.17, 15) is 0 Å². The predicted octanol–water partition coefficient (Wildman–Crippen LogP) is 1.66. The van der Waals surface area contributed by atoms with E-state index in [1.807, 2.05) is 0 Å². The second kappa shape index (κ2) is 2.93. The SMILES string of the molecule is NNC(c1ccsc1)C1CC1. The van der Waals surface area contributed by atoms with Crippen LogP contribution in [0.1, 0.15) is 24.4 Å². The molecule has 2 nitrogen and oxygen atoms in total. The zero-order valence-corrected chi connectivity index (χ0v) is 7.10. The van der Waals surface area contributed by atoms with Crippen molar-refractivity contribution in [2.45, 2.75) is 18.9 Å². The van der Waals surface area contributed by atoms with E-state index in [2.05, 4.69) is 22.3 Å². The number of rotatable bonds is 3. The number of hydrazine groups is 1. The summed E-state index contributed by atoms with van der Waals surface area (Å²) < 4.78 is 0. The Kier molecular flexibility index (Phi) is 1.94. The van der Waals surface area contributed by atoms with Gasteiger partial charge in [-0.1, -0.05) is 0 Å². The van der Waals surface area contributed by atoms with Crippen molar-refractivity contribution in [3.63, 3.8) is 0 Å². The maximum atomic E-state index is 5.46. The third-order valence-electron chi connectivity index (χ3n) is 2.18. The van der Waals surface area contributed by atoms with Crippen molar-refractivity contribution in [2.75, 3.05) is 0 Å². The van der Waals surface area contributed by atoms with Gasteiger partial charge in [-0.05, 0) is 41.1 Å². The van der Waals surface area contributed by atoms with Gasteiger partial charge in [-0.2, -0.15) is 11.3 Å². The van der Waals surface area contributed by atoms with Crippen LogP contribution in [0.15, 0.2) is 16.8 Å². The zero-order chi connectivity index (χ0) is 7.68. The quantitative estimate of drug-likeness (QED) is 0.532. The smallest absolute Gasteiger partial charge is 0.0496 e. The molecule has 60 valence electrons. The van der Waals surface area contributed by atoms with E-state index < -0.39 is 0 Å². The van der Waals surface area contributed by atoms with Crippen LogP contribution < -0.4 is 11.3 Å². The van der Waals surface area contributed by atoms with Crippen LogP contribution in [0.25, 0.3) is 0 Å². The van der Waals surface area contributed by atoms with E-state index in [1.165, 1.54) is 18.4 Å². The summed E-state index contributed by atoms with van der Waals surface area (Å²) in [5.74, 6) is 6.25. The average Bonchev–Trinajstić information content (AvgIpc) is 2.68. The van der Waals surface area contributed by atoms with Gasteiger partial charge in [-0.3, -0.25) is 11.3 Å². The van der Waals surface area contributed by atoms with Gasteiger partial charge in [0.05, 0.1) is 0 Å². The molecule has 0 saturated heterocycles. The van der Waals surface area contributed by atoms with Crippen molar-refractivity contribution in [1.29, 1.82) is 0 Å². The molecule has 1 atom stereocenters. The first kappa shape index (κ1) is 7.28. The summed E-state index contributed by atoms with van der Waals surface area (Å²) in [6.07, 6.45) is 2.65. The molecule has 0 amide bonds. The Morgan fingerprint density at radius 2 is 2.45 bits per heavy atom. The molecule has 1 saturated carbocycles. The van der Waals surface area contributed by atoms with Gasteiger partial charge in [0.2, 0.25) is 0 Å². The van der Waals surface area contributed by atoms with E-state index in [0.29, 0.717) is 6.04 Å². The molecule has 1 aliphatic carbocycles. The molecule has 0 radical (unpaired) electrons. The van der Waals surface area contributed by atoms with E-state index in [0.717, 1.165) is 5.92 Å². The molecule has 1 unspecified atom stereocenters. The molecule has 1 heterocycles. The first-order valence-electron chi connectivity index (χ1n) is 3.90. The lowest BCUT2D eigenvalue weighted by atomic mass is 10.1. The normalized spacial score (nSPS) is 20.1. The highest BCUT2D eigenvalue weighted by molar-refractivity contribution is 7.07. The lowest BCUT2D eigenvalue weighted by Gasteiger charge is -2.12. The molecule has 11 heavy (non-hydrogen) atoms. The summed E-state index contributed by atoms with van der Waals surface area (Å²) in [7, 11) is 0. The summed E-state index contributed by atoms with van der Waals surface area (Å²) >= 11 is 1.73. The summed E-state index contributed by atoms with van der Waals surface area (Å²) in [6, 6.07) is 2.55. The van der Waals surface area contributed by atoms with Crippen LogP contribution in [-0.4, -0.2) is 0 Å². The molecule has 1 fully saturated rings. The molecule has 3 N–H and O–H groups in total. The maximum absolute atomic E-state index is 5.46. The first-order chi connectivity index (χ1) is 5.42. The summed E-state index contributed by atoms with van der Waals surface area (Å²) in [4.78, 5) is 0. The Morgan fingerprint density at radius 3 is 2.91 bits per heavy atom. The monoisotopic (exact) mass is 168 g/mol. The Bertz CT molecular complexity index is 216. The van der Waals surface area contributed by atoms with Gasteiger partial charge in [0.1, 0.15) is 0 Å². The third kappa shape index (κ3) is 1.45. The fourth-order valence-corrected chi connectivity index (χ4v) is 2.08.